The second-order valence-electron chi connectivity index (χ2n) is 5.51. The second kappa shape index (κ2) is 7.39. The van der Waals surface area contributed by atoms with Crippen LogP contribution in [0.5, 0.6) is 0 Å². The summed E-state index contributed by atoms with van der Waals surface area (Å²) in [5, 5.41) is 2.73. The molecule has 2 N–H and O–H groups in total. The molecule has 0 radical (unpaired) electrons. The fraction of sp³-hybridized carbons (Fsp3) is 0.235. The number of para-hydroxylation sites is 1. The van der Waals surface area contributed by atoms with Gasteiger partial charge in [0, 0.05) is 5.69 Å². The molecule has 0 heterocycles. The lowest BCUT2D eigenvalue weighted by Crippen LogP contribution is -2.46. The van der Waals surface area contributed by atoms with Crippen molar-refractivity contribution in [1.29, 1.82) is 0 Å². The van der Waals surface area contributed by atoms with Crippen molar-refractivity contribution >= 4 is 21.6 Å². The normalized spacial score (nSPS) is 12.8. The van der Waals surface area contributed by atoms with Crippen molar-refractivity contribution in [3.8, 4) is 0 Å². The van der Waals surface area contributed by atoms with E-state index in [0.717, 1.165) is 0 Å². The molecule has 1 amide bonds. The summed E-state index contributed by atoms with van der Waals surface area (Å²) in [5.41, 5.74) is 0.627. The first-order chi connectivity index (χ1) is 10.9. The molecule has 1 atom stereocenters. The Morgan fingerprint density at radius 1 is 0.913 bits per heavy atom. The fourth-order valence-electron chi connectivity index (χ4n) is 2.07. The number of hydrogen-bond donors (Lipinski definition) is 2. The molecule has 0 bridgehead atoms. The summed E-state index contributed by atoms with van der Waals surface area (Å²) in [5.74, 6) is -0.581. The van der Waals surface area contributed by atoms with Gasteiger partial charge in [-0.2, -0.15) is 4.72 Å². The van der Waals surface area contributed by atoms with Crippen LogP contribution < -0.4 is 10.0 Å². The summed E-state index contributed by atoms with van der Waals surface area (Å²) in [7, 11) is -3.75. The number of amides is 1. The molecule has 2 aromatic carbocycles. The van der Waals surface area contributed by atoms with E-state index >= 15 is 0 Å². The zero-order chi connectivity index (χ0) is 16.9. The Balaban J connectivity index is 2.17. The number of sulfonamides is 1. The third-order valence-corrected chi connectivity index (χ3v) is 4.78. The molecule has 2 rings (SSSR count). The van der Waals surface area contributed by atoms with E-state index < -0.39 is 16.1 Å². The first-order valence-corrected chi connectivity index (χ1v) is 8.82. The zero-order valence-electron chi connectivity index (χ0n) is 13.1. The first kappa shape index (κ1) is 17.2. The highest BCUT2D eigenvalue weighted by molar-refractivity contribution is 7.89. The molecule has 0 aromatic heterocycles. The van der Waals surface area contributed by atoms with Crippen LogP contribution in [0.1, 0.15) is 13.8 Å². The molecule has 0 spiro atoms. The highest BCUT2D eigenvalue weighted by Crippen LogP contribution is 2.13. The molecule has 0 aliphatic carbocycles. The Kier molecular flexibility index (Phi) is 5.52. The highest BCUT2D eigenvalue weighted by atomic mass is 32.2. The van der Waals surface area contributed by atoms with Gasteiger partial charge in [-0.15, -0.1) is 0 Å². The molecule has 0 fully saturated rings. The van der Waals surface area contributed by atoms with Crippen molar-refractivity contribution in [2.24, 2.45) is 5.92 Å². The van der Waals surface area contributed by atoms with Crippen molar-refractivity contribution in [2.75, 3.05) is 5.32 Å². The van der Waals surface area contributed by atoms with E-state index in [0.29, 0.717) is 5.69 Å². The monoisotopic (exact) mass is 332 g/mol. The van der Waals surface area contributed by atoms with Crippen LogP contribution in [0.15, 0.2) is 65.6 Å². The Labute approximate surface area is 136 Å². The predicted molar refractivity (Wildman–Crippen MR) is 90.5 cm³/mol. The zero-order valence-corrected chi connectivity index (χ0v) is 13.9. The predicted octanol–water partition coefficient (Wildman–Crippen LogP) is 2.63. The van der Waals surface area contributed by atoms with E-state index in [-0.39, 0.29) is 16.7 Å². The molecule has 5 nitrogen and oxygen atoms in total. The Morgan fingerprint density at radius 3 is 1.96 bits per heavy atom. The van der Waals surface area contributed by atoms with E-state index in [1.165, 1.54) is 12.1 Å². The molecule has 0 aliphatic rings. The van der Waals surface area contributed by atoms with Gasteiger partial charge in [0.1, 0.15) is 6.04 Å². The van der Waals surface area contributed by atoms with E-state index in [9.17, 15) is 13.2 Å². The molecule has 0 unspecified atom stereocenters. The lowest BCUT2D eigenvalue weighted by Gasteiger charge is -2.21. The van der Waals surface area contributed by atoms with Gasteiger partial charge in [0.15, 0.2) is 0 Å². The minimum Gasteiger partial charge on any atom is -0.325 e. The van der Waals surface area contributed by atoms with E-state index in [4.69, 9.17) is 0 Å². The van der Waals surface area contributed by atoms with Crippen molar-refractivity contribution in [3.63, 3.8) is 0 Å². The Morgan fingerprint density at radius 2 is 1.43 bits per heavy atom. The van der Waals surface area contributed by atoms with Crippen LogP contribution in [0, 0.1) is 5.92 Å². The smallest absolute Gasteiger partial charge is 0.242 e. The van der Waals surface area contributed by atoms with E-state index in [1.54, 1.807) is 56.3 Å². The summed E-state index contributed by atoms with van der Waals surface area (Å²) in [4.78, 5) is 12.6. The molecule has 0 saturated heterocycles. The lowest BCUT2D eigenvalue weighted by molar-refractivity contribution is -0.118. The summed E-state index contributed by atoms with van der Waals surface area (Å²) in [6.07, 6.45) is 0. The lowest BCUT2D eigenvalue weighted by atomic mass is 10.0. The number of carbonyl (C=O) groups is 1. The third-order valence-electron chi connectivity index (χ3n) is 3.33. The molecular weight excluding hydrogens is 312 g/mol. The van der Waals surface area contributed by atoms with Crippen LogP contribution in [-0.2, 0) is 14.8 Å². The molecule has 122 valence electrons. The van der Waals surface area contributed by atoms with Crippen LogP contribution >= 0.6 is 0 Å². The number of rotatable bonds is 6. The molecule has 0 saturated carbocycles. The van der Waals surface area contributed by atoms with Crippen molar-refractivity contribution in [1.82, 2.24) is 4.72 Å². The van der Waals surface area contributed by atoms with Gasteiger partial charge in [0.25, 0.3) is 0 Å². The average Bonchev–Trinajstić information content (AvgIpc) is 2.54. The molecule has 2 aromatic rings. The van der Waals surface area contributed by atoms with Crippen molar-refractivity contribution in [3.05, 3.63) is 60.7 Å². The molecular formula is C17H20N2O3S. The number of anilines is 1. The highest BCUT2D eigenvalue weighted by Gasteiger charge is 2.28. The van der Waals surface area contributed by atoms with Gasteiger partial charge in [0.2, 0.25) is 15.9 Å². The van der Waals surface area contributed by atoms with Gasteiger partial charge in [-0.3, -0.25) is 4.79 Å². The quantitative estimate of drug-likeness (QED) is 0.854. The van der Waals surface area contributed by atoms with Gasteiger partial charge in [-0.25, -0.2) is 8.42 Å². The molecule has 6 heteroatoms. The summed E-state index contributed by atoms with van der Waals surface area (Å²) < 4.78 is 27.3. The van der Waals surface area contributed by atoms with E-state index in [2.05, 4.69) is 10.0 Å². The van der Waals surface area contributed by atoms with Gasteiger partial charge in [-0.05, 0) is 30.2 Å². The van der Waals surface area contributed by atoms with Gasteiger partial charge < -0.3 is 5.32 Å². The largest absolute Gasteiger partial charge is 0.325 e. The summed E-state index contributed by atoms with van der Waals surface area (Å²) in [6.45, 7) is 3.59. The number of benzene rings is 2. The van der Waals surface area contributed by atoms with Crippen LogP contribution in [-0.4, -0.2) is 20.4 Å². The van der Waals surface area contributed by atoms with Crippen molar-refractivity contribution in [2.45, 2.75) is 24.8 Å². The maximum atomic E-state index is 12.4. The summed E-state index contributed by atoms with van der Waals surface area (Å²) in [6, 6.07) is 16.1. The third kappa shape index (κ3) is 4.64. The Bertz CT molecular complexity index is 744. The second-order valence-corrected chi connectivity index (χ2v) is 7.23. The minimum atomic E-state index is -3.75. The average molecular weight is 332 g/mol. The fourth-order valence-corrected chi connectivity index (χ4v) is 3.43. The van der Waals surface area contributed by atoms with Gasteiger partial charge >= 0.3 is 0 Å². The van der Waals surface area contributed by atoms with E-state index in [1.807, 2.05) is 6.07 Å². The Hall–Kier alpha value is -2.18. The van der Waals surface area contributed by atoms with Crippen LogP contribution in [0.25, 0.3) is 0 Å². The standard InChI is InChI=1S/C17H20N2O3S/c1-13(2)16(17(20)18-14-9-5-3-6-10-14)19-23(21,22)15-11-7-4-8-12-15/h3-13,16,19H,1-2H3,(H,18,20)/t16-/m0/s1. The van der Waals surface area contributed by atoms with Crippen molar-refractivity contribution < 1.29 is 13.2 Å². The molecule has 23 heavy (non-hydrogen) atoms. The first-order valence-electron chi connectivity index (χ1n) is 7.33. The SMILES string of the molecule is CC(C)[C@H](NS(=O)(=O)c1ccccc1)C(=O)Nc1ccccc1. The minimum absolute atomic E-state index is 0.137. The van der Waals surface area contributed by atoms with Crippen LogP contribution in [0.4, 0.5) is 5.69 Å². The summed E-state index contributed by atoms with van der Waals surface area (Å²) >= 11 is 0. The van der Waals surface area contributed by atoms with Gasteiger partial charge in [-0.1, -0.05) is 50.2 Å². The maximum absolute atomic E-state index is 12.4. The molecule has 0 aliphatic heterocycles. The number of hydrogen-bond acceptors (Lipinski definition) is 3. The number of carbonyl (C=O) groups excluding carboxylic acids is 1. The van der Waals surface area contributed by atoms with Gasteiger partial charge in [0.05, 0.1) is 4.90 Å². The van der Waals surface area contributed by atoms with Crippen LogP contribution in [0.2, 0.25) is 0 Å². The topological polar surface area (TPSA) is 75.3 Å². The maximum Gasteiger partial charge on any atom is 0.242 e. The van der Waals surface area contributed by atoms with Crippen LogP contribution in [0.3, 0.4) is 0 Å². The number of nitrogens with one attached hydrogen (secondary N) is 2.